The van der Waals surface area contributed by atoms with Gasteiger partial charge in [0.2, 0.25) is 5.91 Å². The maximum absolute atomic E-state index is 11.9. The van der Waals surface area contributed by atoms with Gasteiger partial charge in [0, 0.05) is 25.3 Å². The van der Waals surface area contributed by atoms with E-state index in [1.807, 2.05) is 45.0 Å². The highest BCUT2D eigenvalue weighted by Gasteiger charge is 2.33. The van der Waals surface area contributed by atoms with Crippen molar-refractivity contribution in [1.82, 2.24) is 10.2 Å². The number of ether oxygens (including phenoxy) is 1. The Morgan fingerprint density at radius 3 is 2.40 bits per heavy atom. The highest BCUT2D eigenvalue weighted by atomic mass is 79.9. The normalized spacial score (nSPS) is 16.0. The molecule has 1 unspecified atom stereocenters. The number of anilines is 1. The third kappa shape index (κ3) is 6.23. The molecule has 7 heteroatoms. The van der Waals surface area contributed by atoms with Crippen molar-refractivity contribution in [3.63, 3.8) is 0 Å². The lowest BCUT2D eigenvalue weighted by Crippen LogP contribution is -2.57. The second-order valence-electron chi connectivity index (χ2n) is 7.26. The van der Waals surface area contributed by atoms with Crippen molar-refractivity contribution in [2.75, 3.05) is 18.4 Å². The van der Waals surface area contributed by atoms with E-state index >= 15 is 0 Å². The summed E-state index contributed by atoms with van der Waals surface area (Å²) in [6.45, 7) is 9.16. The number of halogens is 1. The Balaban J connectivity index is 1.74. The van der Waals surface area contributed by atoms with Gasteiger partial charge in [-0.1, -0.05) is 28.1 Å². The summed E-state index contributed by atoms with van der Waals surface area (Å²) in [7, 11) is 0. The zero-order valence-electron chi connectivity index (χ0n) is 15.1. The van der Waals surface area contributed by atoms with Crippen LogP contribution >= 0.6 is 15.9 Å². The zero-order valence-corrected chi connectivity index (χ0v) is 16.7. The summed E-state index contributed by atoms with van der Waals surface area (Å²) in [6.07, 6.45) is -0.266. The molecule has 0 radical (unpaired) electrons. The maximum Gasteiger partial charge on any atom is 0.410 e. The summed E-state index contributed by atoms with van der Waals surface area (Å²) in [4.78, 5) is 24.9. The molecule has 2 N–H and O–H groups in total. The van der Waals surface area contributed by atoms with Crippen LogP contribution in [-0.4, -0.2) is 46.5 Å². The monoisotopic (exact) mass is 411 g/mol. The molecule has 1 aliphatic heterocycles. The SMILES string of the molecule is CC(Br)C(=O)NCc1ccc(NC2CN(C(=O)OC(C)(C)C)C2)cc1. The first-order valence-electron chi connectivity index (χ1n) is 8.39. The molecule has 0 spiro atoms. The number of likely N-dealkylation sites (tertiary alicyclic amines) is 1. The second-order valence-corrected chi connectivity index (χ2v) is 8.63. The quantitative estimate of drug-likeness (QED) is 0.730. The average Bonchev–Trinajstić information content (AvgIpc) is 2.47. The molecule has 1 fully saturated rings. The second kappa shape index (κ2) is 8.08. The number of alkyl halides is 1. The van der Waals surface area contributed by atoms with Gasteiger partial charge in [-0.3, -0.25) is 4.79 Å². The number of hydrogen-bond acceptors (Lipinski definition) is 4. The Hall–Kier alpha value is -1.76. The van der Waals surface area contributed by atoms with Gasteiger partial charge in [-0.2, -0.15) is 0 Å². The van der Waals surface area contributed by atoms with E-state index in [9.17, 15) is 9.59 Å². The van der Waals surface area contributed by atoms with Gasteiger partial charge in [0.25, 0.3) is 0 Å². The molecule has 1 saturated heterocycles. The van der Waals surface area contributed by atoms with Crippen molar-refractivity contribution in [2.24, 2.45) is 0 Å². The molecule has 138 valence electrons. The number of hydrogen-bond donors (Lipinski definition) is 2. The van der Waals surface area contributed by atoms with Crippen LogP contribution in [0.2, 0.25) is 0 Å². The highest BCUT2D eigenvalue weighted by molar-refractivity contribution is 9.10. The maximum atomic E-state index is 11.9. The number of nitrogens with one attached hydrogen (secondary N) is 2. The van der Waals surface area contributed by atoms with Crippen LogP contribution in [0.15, 0.2) is 24.3 Å². The zero-order chi connectivity index (χ0) is 18.6. The van der Waals surface area contributed by atoms with E-state index in [1.165, 1.54) is 0 Å². The van der Waals surface area contributed by atoms with Crippen molar-refractivity contribution in [2.45, 2.75) is 50.7 Å². The van der Waals surface area contributed by atoms with Crippen LogP contribution in [0.25, 0.3) is 0 Å². The van der Waals surface area contributed by atoms with E-state index in [1.54, 1.807) is 11.8 Å². The molecule has 1 aromatic carbocycles. The van der Waals surface area contributed by atoms with Crippen LogP contribution in [0.5, 0.6) is 0 Å². The Morgan fingerprint density at radius 1 is 1.28 bits per heavy atom. The summed E-state index contributed by atoms with van der Waals surface area (Å²) >= 11 is 3.24. The van der Waals surface area contributed by atoms with Gasteiger partial charge in [0.05, 0.1) is 10.9 Å². The van der Waals surface area contributed by atoms with Gasteiger partial charge < -0.3 is 20.3 Å². The fourth-order valence-corrected chi connectivity index (χ4v) is 2.49. The van der Waals surface area contributed by atoms with E-state index in [0.717, 1.165) is 11.3 Å². The first kappa shape index (κ1) is 19.6. The number of carbonyl (C=O) groups excluding carboxylic acids is 2. The smallest absolute Gasteiger partial charge is 0.410 e. The highest BCUT2D eigenvalue weighted by Crippen LogP contribution is 2.19. The fraction of sp³-hybridized carbons (Fsp3) is 0.556. The summed E-state index contributed by atoms with van der Waals surface area (Å²) in [6, 6.07) is 8.15. The molecule has 1 heterocycles. The third-order valence-corrected chi connectivity index (χ3v) is 4.10. The molecular weight excluding hydrogens is 386 g/mol. The summed E-state index contributed by atoms with van der Waals surface area (Å²) < 4.78 is 5.34. The minimum absolute atomic E-state index is 0.0288. The van der Waals surface area contributed by atoms with Crippen molar-refractivity contribution in [3.05, 3.63) is 29.8 Å². The average molecular weight is 412 g/mol. The summed E-state index contributed by atoms with van der Waals surface area (Å²) in [5, 5.41) is 6.25. The minimum Gasteiger partial charge on any atom is -0.444 e. The lowest BCUT2D eigenvalue weighted by atomic mass is 10.1. The first-order valence-corrected chi connectivity index (χ1v) is 9.31. The van der Waals surface area contributed by atoms with Crippen LogP contribution < -0.4 is 10.6 Å². The predicted octanol–water partition coefficient (Wildman–Crippen LogP) is 3.12. The van der Waals surface area contributed by atoms with E-state index < -0.39 is 5.60 Å². The van der Waals surface area contributed by atoms with Gasteiger partial charge in [0.1, 0.15) is 5.60 Å². The molecule has 0 aromatic heterocycles. The van der Waals surface area contributed by atoms with Crippen molar-refractivity contribution in [3.8, 4) is 0 Å². The minimum atomic E-state index is -0.465. The van der Waals surface area contributed by atoms with E-state index in [4.69, 9.17) is 4.74 Å². The lowest BCUT2D eigenvalue weighted by molar-refractivity contribution is -0.120. The van der Waals surface area contributed by atoms with Crippen molar-refractivity contribution < 1.29 is 14.3 Å². The molecule has 0 aliphatic carbocycles. The standard InChI is InChI=1S/C18H26BrN3O3/c1-12(19)16(23)20-9-13-5-7-14(8-6-13)21-15-10-22(11-15)17(24)25-18(2,3)4/h5-8,12,15,21H,9-11H2,1-4H3,(H,20,23). The molecule has 1 atom stereocenters. The molecule has 0 saturated carbocycles. The van der Waals surface area contributed by atoms with Crippen molar-refractivity contribution >= 4 is 33.6 Å². The molecule has 0 bridgehead atoms. The molecule has 1 aliphatic rings. The third-order valence-electron chi connectivity index (χ3n) is 3.69. The van der Waals surface area contributed by atoms with Crippen LogP contribution in [0.1, 0.15) is 33.3 Å². The molecule has 6 nitrogen and oxygen atoms in total. The molecule has 1 aromatic rings. The van der Waals surface area contributed by atoms with Gasteiger partial charge in [-0.15, -0.1) is 0 Å². The van der Waals surface area contributed by atoms with Gasteiger partial charge in [-0.05, 0) is 45.4 Å². The van der Waals surface area contributed by atoms with E-state index in [2.05, 4.69) is 26.6 Å². The number of rotatable bonds is 5. The molecule has 2 amide bonds. The topological polar surface area (TPSA) is 70.7 Å². The van der Waals surface area contributed by atoms with Gasteiger partial charge in [-0.25, -0.2) is 4.79 Å². The molecule has 25 heavy (non-hydrogen) atoms. The van der Waals surface area contributed by atoms with E-state index in [0.29, 0.717) is 19.6 Å². The Bertz CT molecular complexity index is 605. The molecule has 2 rings (SSSR count). The van der Waals surface area contributed by atoms with Crippen LogP contribution in [0, 0.1) is 0 Å². The van der Waals surface area contributed by atoms with Gasteiger partial charge in [0.15, 0.2) is 0 Å². The first-order chi connectivity index (χ1) is 11.6. The number of benzene rings is 1. The van der Waals surface area contributed by atoms with E-state index in [-0.39, 0.29) is 22.9 Å². The predicted molar refractivity (Wildman–Crippen MR) is 102 cm³/mol. The largest absolute Gasteiger partial charge is 0.444 e. The number of carbonyl (C=O) groups is 2. The van der Waals surface area contributed by atoms with Crippen LogP contribution in [0.3, 0.4) is 0 Å². The number of nitrogens with zero attached hydrogens (tertiary/aromatic N) is 1. The Morgan fingerprint density at radius 2 is 1.88 bits per heavy atom. The van der Waals surface area contributed by atoms with Crippen LogP contribution in [0.4, 0.5) is 10.5 Å². The Labute approximate surface area is 157 Å². The van der Waals surface area contributed by atoms with Gasteiger partial charge >= 0.3 is 6.09 Å². The molecular formula is C18H26BrN3O3. The van der Waals surface area contributed by atoms with Crippen molar-refractivity contribution in [1.29, 1.82) is 0 Å². The van der Waals surface area contributed by atoms with Crippen LogP contribution in [-0.2, 0) is 16.1 Å². The summed E-state index contributed by atoms with van der Waals surface area (Å²) in [5.74, 6) is -0.0288. The lowest BCUT2D eigenvalue weighted by Gasteiger charge is -2.40. The Kier molecular flexibility index (Phi) is 6.32. The fourth-order valence-electron chi connectivity index (χ4n) is 2.33. The summed E-state index contributed by atoms with van der Waals surface area (Å²) in [5.41, 5.74) is 1.57. The number of amides is 2.